The Labute approximate surface area is 197 Å². The van der Waals surface area contributed by atoms with Gasteiger partial charge in [-0.3, -0.25) is 0 Å². The van der Waals surface area contributed by atoms with Crippen LogP contribution < -0.4 is 4.40 Å². The molecule has 0 saturated heterocycles. The Balaban J connectivity index is 1.71. The summed E-state index contributed by atoms with van der Waals surface area (Å²) >= 11 is 0.00580. The van der Waals surface area contributed by atoms with Gasteiger partial charge in [-0.1, -0.05) is 18.2 Å². The molecule has 2 aromatic heterocycles. The van der Waals surface area contributed by atoms with Crippen molar-refractivity contribution in [3.63, 3.8) is 0 Å². The van der Waals surface area contributed by atoms with Crippen molar-refractivity contribution in [1.29, 1.82) is 0 Å². The fourth-order valence-corrected chi connectivity index (χ4v) is 8.00. The quantitative estimate of drug-likeness (QED) is 0.228. The molecule has 0 radical (unpaired) electrons. The number of aromatic nitrogens is 1. The number of nitrogens with zero attached hydrogens (tertiary/aromatic N) is 1. The van der Waals surface area contributed by atoms with E-state index in [0.717, 1.165) is 5.69 Å². The van der Waals surface area contributed by atoms with E-state index in [1.807, 2.05) is 17.5 Å². The molecule has 0 bridgehead atoms. The molecular weight excluding hydrogens is 467 g/mol. The molecule has 0 saturated carbocycles. The minimum absolute atomic E-state index is 0.450. The Kier molecular flexibility index (Phi) is 5.47. The van der Waals surface area contributed by atoms with E-state index in [0.29, 0.717) is 5.92 Å². The van der Waals surface area contributed by atoms with Gasteiger partial charge in [-0.25, -0.2) is 0 Å². The molecule has 0 N–H and O–H groups in total. The summed E-state index contributed by atoms with van der Waals surface area (Å²) in [6.45, 7) is 4.58. The second-order valence-electron chi connectivity index (χ2n) is 9.95. The van der Waals surface area contributed by atoms with Crippen molar-refractivity contribution in [2.75, 3.05) is 0 Å². The van der Waals surface area contributed by atoms with E-state index in [9.17, 15) is 0 Å². The van der Waals surface area contributed by atoms with Crippen molar-refractivity contribution in [2.45, 2.75) is 37.0 Å². The summed E-state index contributed by atoms with van der Waals surface area (Å²) in [4.78, 5) is 6.19. The van der Waals surface area contributed by atoms with Crippen LogP contribution in [0.15, 0.2) is 79.0 Å². The van der Waals surface area contributed by atoms with Crippen LogP contribution in [0.3, 0.4) is 0 Å². The fourth-order valence-electron chi connectivity index (χ4n) is 4.40. The second kappa shape index (κ2) is 8.17. The summed E-state index contributed by atoms with van der Waals surface area (Å²) in [7, 11) is 0. The van der Waals surface area contributed by atoms with E-state index < -0.39 is 13.3 Å². The molecule has 0 unspecified atom stereocenters. The van der Waals surface area contributed by atoms with Crippen LogP contribution in [0.4, 0.5) is 0 Å². The third-order valence-corrected chi connectivity index (χ3v) is 11.7. The van der Waals surface area contributed by atoms with Crippen molar-refractivity contribution >= 4 is 49.9 Å². The van der Waals surface area contributed by atoms with Crippen LogP contribution in [0.5, 0.6) is 0 Å². The number of rotatable bonds is 4. The van der Waals surface area contributed by atoms with Gasteiger partial charge in [0, 0.05) is 0 Å². The molecule has 32 heavy (non-hydrogen) atoms. The summed E-state index contributed by atoms with van der Waals surface area (Å²) in [6.07, 6.45) is 1.97. The molecule has 5 rings (SSSR count). The van der Waals surface area contributed by atoms with Gasteiger partial charge in [-0.15, -0.1) is 0 Å². The van der Waals surface area contributed by atoms with Crippen LogP contribution in [0.2, 0.25) is 17.3 Å². The number of pyridine rings is 1. The number of thiophene rings is 1. The van der Waals surface area contributed by atoms with E-state index in [-0.39, 0.29) is 0 Å². The average Bonchev–Trinajstić information content (AvgIpc) is 3.21. The zero-order valence-corrected chi connectivity index (χ0v) is 22.4. The monoisotopic (exact) mass is 497 g/mol. The Morgan fingerprint density at radius 1 is 0.781 bits per heavy atom. The standard InChI is InChI=1S/C29H29GeNS/c1-19(2)25-16-22(17-28-26(25)18-27(32-28)20-9-7-6-8-10-20)29-24-12-11-23(30(3,4)5)15-21(24)13-14-31-29/h6-19H,1-5H3. The summed E-state index contributed by atoms with van der Waals surface area (Å²) in [5, 5.41) is 3.92. The molecule has 0 aliphatic heterocycles. The van der Waals surface area contributed by atoms with Gasteiger partial charge in [0.1, 0.15) is 0 Å². The first-order valence-corrected chi connectivity index (χ1v) is 19.5. The number of fused-ring (bicyclic) bond motifs is 2. The molecule has 0 aliphatic carbocycles. The number of hydrogen-bond donors (Lipinski definition) is 0. The number of hydrogen-bond acceptors (Lipinski definition) is 2. The van der Waals surface area contributed by atoms with Gasteiger partial charge in [0.15, 0.2) is 0 Å². The zero-order chi connectivity index (χ0) is 22.5. The van der Waals surface area contributed by atoms with Crippen LogP contribution >= 0.6 is 11.3 Å². The van der Waals surface area contributed by atoms with Gasteiger partial charge in [0.2, 0.25) is 0 Å². The first-order chi connectivity index (χ1) is 15.3. The molecule has 3 aromatic carbocycles. The molecule has 0 fully saturated rings. The zero-order valence-electron chi connectivity index (χ0n) is 19.4. The molecular formula is C29H29GeNS. The van der Waals surface area contributed by atoms with Gasteiger partial charge >= 0.3 is 180 Å². The fraction of sp³-hybridized carbons (Fsp3) is 0.207. The van der Waals surface area contributed by atoms with E-state index in [1.54, 1.807) is 4.40 Å². The third kappa shape index (κ3) is 3.91. The SMILES string of the molecule is CC(C)c1cc(-c2nccc3c[c]([Ge]([CH3])([CH3])[CH3])ccc23)cc2sc(-c3ccccc3)cc12. The molecule has 0 atom stereocenters. The van der Waals surface area contributed by atoms with E-state index in [2.05, 4.69) is 104 Å². The van der Waals surface area contributed by atoms with Gasteiger partial charge in [-0.05, 0) is 0 Å². The van der Waals surface area contributed by atoms with Gasteiger partial charge in [0.25, 0.3) is 0 Å². The number of benzene rings is 3. The van der Waals surface area contributed by atoms with Crippen LogP contribution in [0.1, 0.15) is 25.3 Å². The second-order valence-corrected chi connectivity index (χ2v) is 21.7. The molecule has 5 aromatic rings. The minimum atomic E-state index is -1.88. The van der Waals surface area contributed by atoms with Crippen molar-refractivity contribution in [2.24, 2.45) is 0 Å². The molecule has 1 nitrogen and oxygen atoms in total. The Morgan fingerprint density at radius 3 is 2.28 bits per heavy atom. The molecule has 0 aliphatic rings. The summed E-state index contributed by atoms with van der Waals surface area (Å²) in [5.74, 6) is 7.81. The average molecular weight is 496 g/mol. The van der Waals surface area contributed by atoms with Crippen molar-refractivity contribution in [1.82, 2.24) is 4.98 Å². The van der Waals surface area contributed by atoms with Gasteiger partial charge < -0.3 is 0 Å². The first kappa shape index (κ1) is 21.4. The maximum absolute atomic E-state index is 4.86. The Hall–Kier alpha value is -2.43. The predicted octanol–water partition coefficient (Wildman–Crippen LogP) is 8.45. The maximum atomic E-state index is 4.86. The van der Waals surface area contributed by atoms with Gasteiger partial charge in [-0.2, -0.15) is 0 Å². The van der Waals surface area contributed by atoms with Crippen molar-refractivity contribution in [3.05, 3.63) is 84.6 Å². The van der Waals surface area contributed by atoms with Crippen LogP contribution in [0.25, 0.3) is 42.6 Å². The van der Waals surface area contributed by atoms with Crippen LogP contribution in [0, 0.1) is 0 Å². The van der Waals surface area contributed by atoms with E-state index >= 15 is 0 Å². The van der Waals surface area contributed by atoms with E-state index in [1.165, 1.54) is 42.4 Å². The van der Waals surface area contributed by atoms with Crippen molar-refractivity contribution < 1.29 is 0 Å². The van der Waals surface area contributed by atoms with Gasteiger partial charge in [0.05, 0.1) is 0 Å². The Morgan fingerprint density at radius 2 is 1.56 bits per heavy atom. The summed E-state index contributed by atoms with van der Waals surface area (Å²) in [5.41, 5.74) is 5.00. The van der Waals surface area contributed by atoms with Crippen molar-refractivity contribution in [3.8, 4) is 21.7 Å². The Bertz CT molecular complexity index is 1420. The predicted molar refractivity (Wildman–Crippen MR) is 145 cm³/mol. The van der Waals surface area contributed by atoms with E-state index in [4.69, 9.17) is 4.98 Å². The van der Waals surface area contributed by atoms with Crippen LogP contribution in [-0.2, 0) is 0 Å². The third-order valence-electron chi connectivity index (χ3n) is 6.25. The normalized spacial score (nSPS) is 12.2. The summed E-state index contributed by atoms with van der Waals surface area (Å²) < 4.78 is 2.88. The molecule has 0 amide bonds. The van der Waals surface area contributed by atoms with Crippen LogP contribution in [-0.4, -0.2) is 18.3 Å². The topological polar surface area (TPSA) is 12.9 Å². The molecule has 160 valence electrons. The molecule has 2 heterocycles. The molecule has 0 spiro atoms. The summed E-state index contributed by atoms with van der Waals surface area (Å²) in [6, 6.07) is 27.0. The first-order valence-electron chi connectivity index (χ1n) is 11.3. The molecule has 3 heteroatoms.